The molecule has 0 bridgehead atoms. The van der Waals surface area contributed by atoms with Crippen LogP contribution in [0.25, 0.3) is 0 Å². The summed E-state index contributed by atoms with van der Waals surface area (Å²) in [6.07, 6.45) is -0.0326. The van der Waals surface area contributed by atoms with E-state index in [1.165, 1.54) is 12.1 Å². The van der Waals surface area contributed by atoms with Gasteiger partial charge in [0.05, 0.1) is 28.6 Å². The third-order valence-electron chi connectivity index (χ3n) is 2.51. The van der Waals surface area contributed by atoms with Gasteiger partial charge in [0.2, 0.25) is 10.0 Å². The predicted octanol–water partition coefficient (Wildman–Crippen LogP) is 1.46. The number of carbonyl (C=O) groups is 1. The van der Waals surface area contributed by atoms with Gasteiger partial charge in [0, 0.05) is 6.54 Å². The summed E-state index contributed by atoms with van der Waals surface area (Å²) >= 11 is 5.82. The number of rotatable bonds is 6. The Bertz CT molecular complexity index is 602. The maximum atomic E-state index is 12.1. The zero-order chi connectivity index (χ0) is 15.3. The number of nitrogens with two attached hydrogens (primary N) is 1. The van der Waals surface area contributed by atoms with Crippen molar-refractivity contribution in [3.63, 3.8) is 0 Å². The van der Waals surface area contributed by atoms with Crippen LogP contribution in [0.1, 0.15) is 18.9 Å². The lowest BCUT2D eigenvalue weighted by atomic mass is 10.2. The fourth-order valence-corrected chi connectivity index (χ4v) is 3.07. The number of halogens is 1. The Morgan fingerprint density at radius 1 is 1.45 bits per heavy atom. The molecule has 0 heterocycles. The molecule has 0 aliphatic rings. The molecule has 0 saturated carbocycles. The number of aryl methyl sites for hydroxylation is 1. The molecule has 0 unspecified atom stereocenters. The highest BCUT2D eigenvalue weighted by Gasteiger charge is 2.18. The molecule has 0 aromatic heterocycles. The SMILES string of the molecule is CCOC(=O)CCNS(=O)(=O)c1cc(N)c(Cl)cc1C. The third kappa shape index (κ3) is 4.36. The summed E-state index contributed by atoms with van der Waals surface area (Å²) in [5, 5.41) is 0.299. The normalized spacial score (nSPS) is 11.3. The molecule has 3 N–H and O–H groups in total. The van der Waals surface area contributed by atoms with Crippen molar-refractivity contribution >= 4 is 33.3 Å². The Kier molecular flexibility index (Phi) is 5.79. The van der Waals surface area contributed by atoms with Crippen LogP contribution in [-0.2, 0) is 19.6 Å². The van der Waals surface area contributed by atoms with Gasteiger partial charge in [0.1, 0.15) is 0 Å². The molecule has 1 aromatic rings. The molecular weight excluding hydrogens is 304 g/mol. The number of hydrogen-bond acceptors (Lipinski definition) is 5. The van der Waals surface area contributed by atoms with Gasteiger partial charge in [-0.15, -0.1) is 0 Å². The summed E-state index contributed by atoms with van der Waals surface area (Å²) in [7, 11) is -3.74. The van der Waals surface area contributed by atoms with Gasteiger partial charge in [0.15, 0.2) is 0 Å². The van der Waals surface area contributed by atoms with Crippen molar-refractivity contribution in [2.75, 3.05) is 18.9 Å². The minimum atomic E-state index is -3.74. The molecule has 1 rings (SSSR count). The zero-order valence-corrected chi connectivity index (χ0v) is 12.8. The van der Waals surface area contributed by atoms with E-state index >= 15 is 0 Å². The molecule has 0 fully saturated rings. The van der Waals surface area contributed by atoms with E-state index in [1.807, 2.05) is 0 Å². The molecule has 112 valence electrons. The first-order valence-corrected chi connectivity index (χ1v) is 7.85. The minimum Gasteiger partial charge on any atom is -0.466 e. The summed E-state index contributed by atoms with van der Waals surface area (Å²) in [5.41, 5.74) is 6.27. The van der Waals surface area contributed by atoms with Crippen molar-refractivity contribution in [2.45, 2.75) is 25.2 Å². The van der Waals surface area contributed by atoms with Gasteiger partial charge in [-0.25, -0.2) is 13.1 Å². The monoisotopic (exact) mass is 320 g/mol. The van der Waals surface area contributed by atoms with E-state index in [4.69, 9.17) is 22.1 Å². The topological polar surface area (TPSA) is 98.5 Å². The van der Waals surface area contributed by atoms with Gasteiger partial charge in [0.25, 0.3) is 0 Å². The van der Waals surface area contributed by atoms with E-state index in [0.29, 0.717) is 10.6 Å². The molecule has 0 saturated heterocycles. The second-order valence-electron chi connectivity index (χ2n) is 4.09. The fourth-order valence-electron chi connectivity index (χ4n) is 1.56. The summed E-state index contributed by atoms with van der Waals surface area (Å²) in [6, 6.07) is 2.78. The number of sulfonamides is 1. The summed E-state index contributed by atoms with van der Waals surface area (Å²) < 4.78 is 31.2. The molecule has 0 amide bonds. The van der Waals surface area contributed by atoms with Gasteiger partial charge in [-0.2, -0.15) is 0 Å². The van der Waals surface area contributed by atoms with Crippen molar-refractivity contribution in [2.24, 2.45) is 0 Å². The van der Waals surface area contributed by atoms with Crippen molar-refractivity contribution in [3.05, 3.63) is 22.7 Å². The molecule has 0 aliphatic heterocycles. The van der Waals surface area contributed by atoms with Gasteiger partial charge >= 0.3 is 5.97 Å². The first-order chi connectivity index (χ1) is 9.27. The van der Waals surface area contributed by atoms with Crippen LogP contribution in [0.15, 0.2) is 17.0 Å². The zero-order valence-electron chi connectivity index (χ0n) is 11.3. The standard InChI is InChI=1S/C12H17ClN2O4S/c1-3-19-12(16)4-5-15-20(17,18)11-7-10(14)9(13)6-8(11)2/h6-7,15H,3-5,14H2,1-2H3. The van der Waals surface area contributed by atoms with Crippen LogP contribution >= 0.6 is 11.6 Å². The van der Waals surface area contributed by atoms with Gasteiger partial charge in [-0.3, -0.25) is 4.79 Å². The van der Waals surface area contributed by atoms with E-state index in [0.717, 1.165) is 0 Å². The summed E-state index contributed by atoms with van der Waals surface area (Å²) in [5.74, 6) is -0.456. The van der Waals surface area contributed by atoms with Crippen molar-refractivity contribution in [3.8, 4) is 0 Å². The molecular formula is C12H17ClN2O4S. The van der Waals surface area contributed by atoms with Gasteiger partial charge in [-0.1, -0.05) is 11.6 Å². The van der Waals surface area contributed by atoms with E-state index in [9.17, 15) is 13.2 Å². The van der Waals surface area contributed by atoms with Crippen LogP contribution < -0.4 is 10.5 Å². The number of nitrogen functional groups attached to an aromatic ring is 1. The van der Waals surface area contributed by atoms with Crippen LogP contribution in [0.3, 0.4) is 0 Å². The Morgan fingerprint density at radius 3 is 2.70 bits per heavy atom. The maximum absolute atomic E-state index is 12.1. The highest BCUT2D eigenvalue weighted by atomic mass is 35.5. The number of anilines is 1. The number of carbonyl (C=O) groups excluding carboxylic acids is 1. The van der Waals surface area contributed by atoms with Crippen LogP contribution in [-0.4, -0.2) is 27.5 Å². The summed E-state index contributed by atoms with van der Waals surface area (Å²) in [4.78, 5) is 11.2. The Balaban J connectivity index is 2.79. The quantitative estimate of drug-likeness (QED) is 0.611. The second-order valence-corrected chi connectivity index (χ2v) is 6.23. The maximum Gasteiger partial charge on any atom is 0.307 e. The Hall–Kier alpha value is -1.31. The predicted molar refractivity (Wildman–Crippen MR) is 77.0 cm³/mol. The van der Waals surface area contributed by atoms with Crippen molar-refractivity contribution in [1.82, 2.24) is 4.72 Å². The second kappa shape index (κ2) is 6.92. The lowest BCUT2D eigenvalue weighted by Gasteiger charge is -2.10. The smallest absolute Gasteiger partial charge is 0.307 e. The Labute approximate surface area is 123 Å². The van der Waals surface area contributed by atoms with Crippen LogP contribution in [0.5, 0.6) is 0 Å². The first-order valence-electron chi connectivity index (χ1n) is 5.99. The van der Waals surface area contributed by atoms with E-state index in [-0.39, 0.29) is 30.2 Å². The van der Waals surface area contributed by atoms with Crippen LogP contribution in [0.4, 0.5) is 5.69 Å². The van der Waals surface area contributed by atoms with E-state index < -0.39 is 16.0 Å². The molecule has 20 heavy (non-hydrogen) atoms. The average Bonchev–Trinajstić information content (AvgIpc) is 2.33. The largest absolute Gasteiger partial charge is 0.466 e. The van der Waals surface area contributed by atoms with Gasteiger partial charge in [-0.05, 0) is 31.5 Å². The number of esters is 1. The lowest BCUT2D eigenvalue weighted by Crippen LogP contribution is -2.27. The van der Waals surface area contributed by atoms with E-state index in [1.54, 1.807) is 13.8 Å². The molecule has 0 atom stereocenters. The van der Waals surface area contributed by atoms with Crippen molar-refractivity contribution in [1.29, 1.82) is 0 Å². The molecule has 0 radical (unpaired) electrons. The van der Waals surface area contributed by atoms with Gasteiger partial charge < -0.3 is 10.5 Å². The number of nitrogens with one attached hydrogen (secondary N) is 1. The lowest BCUT2D eigenvalue weighted by molar-refractivity contribution is -0.142. The summed E-state index contributed by atoms with van der Waals surface area (Å²) in [6.45, 7) is 3.52. The molecule has 0 aliphatic carbocycles. The molecule has 6 nitrogen and oxygen atoms in total. The fraction of sp³-hybridized carbons (Fsp3) is 0.417. The van der Waals surface area contributed by atoms with Crippen LogP contribution in [0.2, 0.25) is 5.02 Å². The van der Waals surface area contributed by atoms with E-state index in [2.05, 4.69) is 4.72 Å². The van der Waals surface area contributed by atoms with Crippen molar-refractivity contribution < 1.29 is 17.9 Å². The molecule has 8 heteroatoms. The highest BCUT2D eigenvalue weighted by molar-refractivity contribution is 7.89. The molecule has 1 aromatic carbocycles. The number of hydrogen-bond donors (Lipinski definition) is 2. The highest BCUT2D eigenvalue weighted by Crippen LogP contribution is 2.25. The first kappa shape index (κ1) is 16.7. The average molecular weight is 321 g/mol. The minimum absolute atomic E-state index is 0.0326. The molecule has 0 spiro atoms. The number of benzene rings is 1. The van der Waals surface area contributed by atoms with Crippen LogP contribution in [0, 0.1) is 6.92 Å². The third-order valence-corrected chi connectivity index (χ3v) is 4.44. The number of ether oxygens (including phenoxy) is 1. The Morgan fingerprint density at radius 2 is 2.10 bits per heavy atom.